The van der Waals surface area contributed by atoms with Gasteiger partial charge in [-0.2, -0.15) is 0 Å². The van der Waals surface area contributed by atoms with E-state index in [1.807, 2.05) is 0 Å². The molecule has 1 aromatic heterocycles. The summed E-state index contributed by atoms with van der Waals surface area (Å²) in [6.07, 6.45) is 1.16. The summed E-state index contributed by atoms with van der Waals surface area (Å²) < 4.78 is 5.04. The number of amides is 1. The van der Waals surface area contributed by atoms with Crippen molar-refractivity contribution in [1.29, 1.82) is 0 Å². The van der Waals surface area contributed by atoms with E-state index in [4.69, 9.17) is 4.74 Å². The average Bonchev–Trinajstić information content (AvgIpc) is 2.75. The van der Waals surface area contributed by atoms with Crippen molar-refractivity contribution in [3.8, 4) is 0 Å². The second-order valence-corrected chi connectivity index (χ2v) is 6.45. The lowest BCUT2D eigenvalue weighted by molar-refractivity contribution is -0.383. The zero-order valence-corrected chi connectivity index (χ0v) is 17.3. The lowest BCUT2D eigenvalue weighted by atomic mass is 10.1. The Bertz CT molecular complexity index is 1150. The van der Waals surface area contributed by atoms with E-state index in [2.05, 4.69) is 25.9 Å². The minimum atomic E-state index is -0.622. The minimum Gasteiger partial charge on any atom is -0.462 e. The molecule has 3 rings (SSSR count). The molecule has 0 saturated heterocycles. The highest BCUT2D eigenvalue weighted by Gasteiger charge is 2.24. The van der Waals surface area contributed by atoms with Crippen LogP contribution in [0, 0.1) is 10.1 Å². The van der Waals surface area contributed by atoms with Crippen molar-refractivity contribution in [2.45, 2.75) is 13.8 Å². The van der Waals surface area contributed by atoms with Crippen molar-refractivity contribution < 1.29 is 19.2 Å². The number of anilines is 5. The summed E-state index contributed by atoms with van der Waals surface area (Å²) in [5, 5.41) is 20.2. The molecule has 0 saturated carbocycles. The number of ether oxygens (including phenoxy) is 1. The number of benzene rings is 2. The molecule has 11 heteroatoms. The Kier molecular flexibility index (Phi) is 6.91. The van der Waals surface area contributed by atoms with Gasteiger partial charge < -0.3 is 20.7 Å². The first-order valence-electron chi connectivity index (χ1n) is 9.56. The largest absolute Gasteiger partial charge is 0.462 e. The molecule has 0 aliphatic heterocycles. The third-order valence-corrected chi connectivity index (χ3v) is 4.15. The van der Waals surface area contributed by atoms with Gasteiger partial charge in [-0.05, 0) is 43.3 Å². The smallest absolute Gasteiger partial charge is 0.353 e. The Morgan fingerprint density at radius 2 is 1.62 bits per heavy atom. The summed E-state index contributed by atoms with van der Waals surface area (Å²) >= 11 is 0. The van der Waals surface area contributed by atoms with Crippen LogP contribution in [-0.4, -0.2) is 33.4 Å². The Balaban J connectivity index is 1.92. The van der Waals surface area contributed by atoms with E-state index in [0.29, 0.717) is 17.1 Å². The monoisotopic (exact) mass is 436 g/mol. The zero-order valence-electron chi connectivity index (χ0n) is 17.3. The molecule has 0 spiro atoms. The van der Waals surface area contributed by atoms with Gasteiger partial charge in [0.15, 0.2) is 0 Å². The van der Waals surface area contributed by atoms with Gasteiger partial charge in [0.05, 0.1) is 22.8 Å². The van der Waals surface area contributed by atoms with E-state index in [0.717, 1.165) is 6.33 Å². The quantitative estimate of drug-likeness (QED) is 0.270. The molecule has 0 unspecified atom stereocenters. The number of nitro groups is 1. The molecule has 0 aliphatic carbocycles. The van der Waals surface area contributed by atoms with Gasteiger partial charge in [-0.3, -0.25) is 14.9 Å². The first kappa shape index (κ1) is 22.2. The molecule has 0 aliphatic rings. The van der Waals surface area contributed by atoms with Crippen molar-refractivity contribution in [3.63, 3.8) is 0 Å². The number of nitrogens with one attached hydrogen (secondary N) is 3. The Morgan fingerprint density at radius 3 is 2.25 bits per heavy atom. The second kappa shape index (κ2) is 9.98. The number of carbonyl (C=O) groups excluding carboxylic acids is 2. The van der Waals surface area contributed by atoms with Crippen LogP contribution in [0.2, 0.25) is 0 Å². The van der Waals surface area contributed by atoms with Crippen molar-refractivity contribution in [3.05, 3.63) is 70.5 Å². The number of nitrogens with zero attached hydrogens (tertiary/aromatic N) is 3. The summed E-state index contributed by atoms with van der Waals surface area (Å²) in [7, 11) is 0. The average molecular weight is 436 g/mol. The van der Waals surface area contributed by atoms with Crippen LogP contribution in [0.4, 0.5) is 34.4 Å². The fourth-order valence-corrected chi connectivity index (χ4v) is 2.82. The molecular weight excluding hydrogens is 416 g/mol. The second-order valence-electron chi connectivity index (χ2n) is 6.45. The van der Waals surface area contributed by atoms with E-state index < -0.39 is 16.6 Å². The summed E-state index contributed by atoms with van der Waals surface area (Å²) in [6, 6.07) is 13.0. The van der Waals surface area contributed by atoms with Crippen LogP contribution in [0.3, 0.4) is 0 Å². The van der Waals surface area contributed by atoms with Crippen molar-refractivity contribution in [2.24, 2.45) is 0 Å². The number of esters is 1. The van der Waals surface area contributed by atoms with E-state index in [1.165, 1.54) is 6.92 Å². The summed E-state index contributed by atoms with van der Waals surface area (Å²) in [6.45, 7) is 3.27. The van der Waals surface area contributed by atoms with E-state index >= 15 is 0 Å². The van der Waals surface area contributed by atoms with Gasteiger partial charge in [0.1, 0.15) is 6.33 Å². The minimum absolute atomic E-state index is 0.0478. The highest BCUT2D eigenvalue weighted by molar-refractivity contribution is 5.97. The lowest BCUT2D eigenvalue weighted by Gasteiger charge is -2.12. The molecule has 0 radical (unpaired) electrons. The zero-order chi connectivity index (χ0) is 23.1. The number of hydrogen-bond acceptors (Lipinski definition) is 9. The third-order valence-electron chi connectivity index (χ3n) is 4.15. The SMILES string of the molecule is CCOC(=O)c1ccccc1Nc1ncnc(Nc2ccc(NC(C)=O)cc2)c1[N+](=O)[O-]. The van der Waals surface area contributed by atoms with Crippen molar-refractivity contribution >= 4 is 46.3 Å². The Labute approximate surface area is 183 Å². The van der Waals surface area contributed by atoms with Crippen LogP contribution in [0.25, 0.3) is 0 Å². The maximum Gasteiger partial charge on any atom is 0.353 e. The predicted molar refractivity (Wildman–Crippen MR) is 118 cm³/mol. The normalized spacial score (nSPS) is 10.2. The first-order valence-corrected chi connectivity index (χ1v) is 9.56. The van der Waals surface area contributed by atoms with Crippen LogP contribution in [0.1, 0.15) is 24.2 Å². The van der Waals surface area contributed by atoms with Gasteiger partial charge in [-0.15, -0.1) is 0 Å². The van der Waals surface area contributed by atoms with E-state index in [-0.39, 0.29) is 29.7 Å². The van der Waals surface area contributed by atoms with E-state index in [1.54, 1.807) is 55.5 Å². The molecule has 1 heterocycles. The van der Waals surface area contributed by atoms with Crippen LogP contribution in [0.15, 0.2) is 54.9 Å². The molecule has 11 nitrogen and oxygen atoms in total. The highest BCUT2D eigenvalue weighted by atomic mass is 16.6. The third kappa shape index (κ3) is 5.33. The molecular formula is C21H20N6O5. The maximum atomic E-state index is 12.2. The van der Waals surface area contributed by atoms with Crippen LogP contribution in [0.5, 0.6) is 0 Å². The standard InChI is InChI=1S/C21H20N6O5/c1-3-32-21(29)16-6-4-5-7-17(16)26-20-18(27(30)31)19(22-12-23-20)25-15-10-8-14(9-11-15)24-13(2)28/h4-12H,3H2,1-2H3,(H,24,28)(H2,22,23,25,26). The molecule has 32 heavy (non-hydrogen) atoms. The van der Waals surface area contributed by atoms with Gasteiger partial charge in [-0.25, -0.2) is 14.8 Å². The van der Waals surface area contributed by atoms with Crippen molar-refractivity contribution in [2.75, 3.05) is 22.6 Å². The number of hydrogen-bond donors (Lipinski definition) is 3. The number of carbonyl (C=O) groups is 2. The summed E-state index contributed by atoms with van der Waals surface area (Å²) in [5.74, 6) is -0.923. The maximum absolute atomic E-state index is 12.2. The number of aromatic nitrogens is 2. The van der Waals surface area contributed by atoms with Crippen LogP contribution >= 0.6 is 0 Å². The summed E-state index contributed by atoms with van der Waals surface area (Å²) in [5.41, 5.74) is 1.21. The Morgan fingerprint density at radius 1 is 1.00 bits per heavy atom. The van der Waals surface area contributed by atoms with Gasteiger partial charge in [0, 0.05) is 18.3 Å². The Hall–Kier alpha value is -4.54. The molecule has 164 valence electrons. The van der Waals surface area contributed by atoms with Gasteiger partial charge in [0.25, 0.3) is 0 Å². The lowest BCUT2D eigenvalue weighted by Crippen LogP contribution is -2.10. The molecule has 2 aromatic carbocycles. The molecule has 3 N–H and O–H groups in total. The fraction of sp³-hybridized carbons (Fsp3) is 0.143. The van der Waals surface area contributed by atoms with E-state index in [9.17, 15) is 19.7 Å². The number of para-hydroxylation sites is 1. The predicted octanol–water partition coefficient (Wildman–Crippen LogP) is 4.01. The molecule has 1 amide bonds. The molecule has 3 aromatic rings. The fourth-order valence-electron chi connectivity index (χ4n) is 2.82. The molecule has 0 atom stereocenters. The molecule has 0 fully saturated rings. The number of rotatable bonds is 8. The van der Waals surface area contributed by atoms with Crippen molar-refractivity contribution in [1.82, 2.24) is 9.97 Å². The first-order chi connectivity index (χ1) is 15.4. The van der Waals surface area contributed by atoms with Gasteiger partial charge in [0.2, 0.25) is 17.5 Å². The molecule has 0 bridgehead atoms. The van der Waals surface area contributed by atoms with Gasteiger partial charge >= 0.3 is 11.7 Å². The highest BCUT2D eigenvalue weighted by Crippen LogP contribution is 2.34. The summed E-state index contributed by atoms with van der Waals surface area (Å²) in [4.78, 5) is 42.5. The topological polar surface area (TPSA) is 148 Å². The van der Waals surface area contributed by atoms with Crippen LogP contribution < -0.4 is 16.0 Å². The van der Waals surface area contributed by atoms with Crippen LogP contribution in [-0.2, 0) is 9.53 Å². The van der Waals surface area contributed by atoms with Gasteiger partial charge in [-0.1, -0.05) is 12.1 Å².